The lowest BCUT2D eigenvalue weighted by Gasteiger charge is -2.25. The molecule has 17 heavy (non-hydrogen) atoms. The molecule has 0 bridgehead atoms. The maximum atomic E-state index is 11.9. The Kier molecular flexibility index (Phi) is 4.94. The Morgan fingerprint density at radius 1 is 1.47 bits per heavy atom. The van der Waals surface area contributed by atoms with Crippen molar-refractivity contribution in [2.75, 3.05) is 18.1 Å². The summed E-state index contributed by atoms with van der Waals surface area (Å²) in [6.07, 6.45) is 1.50. The molecular weight excluding hydrogens is 264 g/mol. The lowest BCUT2D eigenvalue weighted by molar-refractivity contribution is 0.509. The molecule has 0 spiro atoms. The third kappa shape index (κ3) is 4.20. The molecule has 6 nitrogen and oxygen atoms in total. The fourth-order valence-electron chi connectivity index (χ4n) is 1.96. The van der Waals surface area contributed by atoms with Gasteiger partial charge in [0.2, 0.25) is 10.0 Å². The molecule has 8 heteroatoms. The van der Waals surface area contributed by atoms with E-state index in [2.05, 4.69) is 4.72 Å². The van der Waals surface area contributed by atoms with Crippen LogP contribution in [-0.4, -0.2) is 46.2 Å². The summed E-state index contributed by atoms with van der Waals surface area (Å²) in [6.45, 7) is 1.79. The van der Waals surface area contributed by atoms with Gasteiger partial charge in [0.25, 0.3) is 0 Å². The highest BCUT2D eigenvalue weighted by atomic mass is 32.2. The summed E-state index contributed by atoms with van der Waals surface area (Å²) < 4.78 is 49.0. The number of hydrogen-bond donors (Lipinski definition) is 2. The molecule has 3 N–H and O–H groups in total. The Morgan fingerprint density at radius 2 is 2.12 bits per heavy atom. The number of sulfone groups is 1. The Labute approximate surface area is 103 Å². The van der Waals surface area contributed by atoms with Gasteiger partial charge in [-0.3, -0.25) is 0 Å². The third-order valence-electron chi connectivity index (χ3n) is 2.95. The van der Waals surface area contributed by atoms with E-state index < -0.39 is 31.2 Å². The fraction of sp³-hybridized carbons (Fsp3) is 1.00. The zero-order valence-electron chi connectivity index (χ0n) is 9.92. The van der Waals surface area contributed by atoms with Crippen LogP contribution >= 0.6 is 0 Å². The molecule has 1 fully saturated rings. The van der Waals surface area contributed by atoms with Crippen molar-refractivity contribution in [2.45, 2.75) is 37.5 Å². The average Bonchev–Trinajstić information content (AvgIpc) is 2.16. The minimum Gasteiger partial charge on any atom is -0.329 e. The topological polar surface area (TPSA) is 106 Å². The zero-order chi connectivity index (χ0) is 13.1. The van der Waals surface area contributed by atoms with Gasteiger partial charge in [0.15, 0.2) is 9.84 Å². The van der Waals surface area contributed by atoms with Gasteiger partial charge in [0.05, 0.1) is 16.8 Å². The maximum Gasteiger partial charge on any atom is 0.215 e. The molecule has 1 rings (SSSR count). The smallest absolute Gasteiger partial charge is 0.215 e. The van der Waals surface area contributed by atoms with E-state index in [1.807, 2.05) is 0 Å². The van der Waals surface area contributed by atoms with Crippen LogP contribution in [0.3, 0.4) is 0 Å². The maximum absolute atomic E-state index is 11.9. The highest BCUT2D eigenvalue weighted by molar-refractivity contribution is 7.91. The van der Waals surface area contributed by atoms with Crippen LogP contribution in [0.1, 0.15) is 26.2 Å². The van der Waals surface area contributed by atoms with Gasteiger partial charge >= 0.3 is 0 Å². The fourth-order valence-corrected chi connectivity index (χ4v) is 5.25. The second-order valence-electron chi connectivity index (χ2n) is 4.38. The molecule has 0 aromatic heterocycles. The molecule has 0 aromatic rings. The Hall–Kier alpha value is -0.180. The predicted molar refractivity (Wildman–Crippen MR) is 66.9 cm³/mol. The third-order valence-corrected chi connectivity index (χ3v) is 6.84. The predicted octanol–water partition coefficient (Wildman–Crippen LogP) is -0.780. The minimum atomic E-state index is -3.51. The van der Waals surface area contributed by atoms with E-state index >= 15 is 0 Å². The van der Waals surface area contributed by atoms with E-state index in [4.69, 9.17) is 5.73 Å². The number of rotatable bonds is 5. The molecule has 2 unspecified atom stereocenters. The number of hydrogen-bond acceptors (Lipinski definition) is 5. The van der Waals surface area contributed by atoms with Gasteiger partial charge in [0.1, 0.15) is 0 Å². The minimum absolute atomic E-state index is 0.0469. The zero-order valence-corrected chi connectivity index (χ0v) is 11.6. The first-order valence-corrected chi connectivity index (χ1v) is 9.09. The summed E-state index contributed by atoms with van der Waals surface area (Å²) in [4.78, 5) is 0. The first-order chi connectivity index (χ1) is 7.80. The van der Waals surface area contributed by atoms with E-state index in [0.717, 1.165) is 0 Å². The van der Waals surface area contributed by atoms with Gasteiger partial charge in [-0.15, -0.1) is 0 Å². The summed E-state index contributed by atoms with van der Waals surface area (Å²) >= 11 is 0. The first kappa shape index (κ1) is 14.9. The standard InChI is InChI=1S/C9H20N2O4S2/c1-2-9(6-10)17(14,15)11-8-4-3-5-16(12,13)7-8/h8-9,11H,2-7,10H2,1H3. The Bertz CT molecular complexity index is 440. The van der Waals surface area contributed by atoms with E-state index in [1.165, 1.54) is 0 Å². The van der Waals surface area contributed by atoms with Crippen LogP contribution in [0.5, 0.6) is 0 Å². The van der Waals surface area contributed by atoms with Crippen molar-refractivity contribution in [1.29, 1.82) is 0 Å². The lowest BCUT2D eigenvalue weighted by atomic mass is 10.2. The summed E-state index contributed by atoms with van der Waals surface area (Å²) in [5.41, 5.74) is 5.39. The van der Waals surface area contributed by atoms with Crippen molar-refractivity contribution in [3.8, 4) is 0 Å². The molecule has 0 saturated carbocycles. The van der Waals surface area contributed by atoms with Crippen LogP contribution in [0.25, 0.3) is 0 Å². The first-order valence-electron chi connectivity index (χ1n) is 5.72. The van der Waals surface area contributed by atoms with Crippen molar-refractivity contribution in [2.24, 2.45) is 5.73 Å². The molecule has 1 heterocycles. The van der Waals surface area contributed by atoms with Gasteiger partial charge in [0, 0.05) is 12.6 Å². The van der Waals surface area contributed by atoms with Crippen molar-refractivity contribution < 1.29 is 16.8 Å². The van der Waals surface area contributed by atoms with Gasteiger partial charge in [-0.25, -0.2) is 21.6 Å². The summed E-state index contributed by atoms with van der Waals surface area (Å²) in [5, 5.41) is -0.646. The van der Waals surface area contributed by atoms with E-state index in [0.29, 0.717) is 19.3 Å². The Morgan fingerprint density at radius 3 is 2.59 bits per heavy atom. The highest BCUT2D eigenvalue weighted by Crippen LogP contribution is 2.14. The van der Waals surface area contributed by atoms with E-state index in [1.54, 1.807) is 6.92 Å². The largest absolute Gasteiger partial charge is 0.329 e. The van der Waals surface area contributed by atoms with Gasteiger partial charge in [-0.1, -0.05) is 6.92 Å². The van der Waals surface area contributed by atoms with Crippen molar-refractivity contribution in [1.82, 2.24) is 4.72 Å². The molecule has 1 aliphatic rings. The molecule has 0 aromatic carbocycles. The second-order valence-corrected chi connectivity index (χ2v) is 8.60. The molecule has 102 valence electrons. The molecule has 1 aliphatic heterocycles. The van der Waals surface area contributed by atoms with Crippen LogP contribution in [0, 0.1) is 0 Å². The molecular formula is C9H20N2O4S2. The average molecular weight is 284 g/mol. The van der Waals surface area contributed by atoms with Crippen LogP contribution < -0.4 is 10.5 Å². The van der Waals surface area contributed by atoms with Crippen LogP contribution in [0.2, 0.25) is 0 Å². The van der Waals surface area contributed by atoms with Crippen molar-refractivity contribution in [3.63, 3.8) is 0 Å². The van der Waals surface area contributed by atoms with E-state index in [-0.39, 0.29) is 18.1 Å². The lowest BCUT2D eigenvalue weighted by Crippen LogP contribution is -2.48. The van der Waals surface area contributed by atoms with Crippen molar-refractivity contribution >= 4 is 19.9 Å². The van der Waals surface area contributed by atoms with Crippen LogP contribution in [-0.2, 0) is 19.9 Å². The molecule has 0 radical (unpaired) electrons. The molecule has 1 saturated heterocycles. The monoisotopic (exact) mass is 284 g/mol. The van der Waals surface area contributed by atoms with E-state index in [9.17, 15) is 16.8 Å². The second kappa shape index (κ2) is 5.64. The van der Waals surface area contributed by atoms with Crippen molar-refractivity contribution in [3.05, 3.63) is 0 Å². The quantitative estimate of drug-likeness (QED) is 0.689. The molecule has 2 atom stereocenters. The summed E-state index contributed by atoms with van der Waals surface area (Å²) in [5.74, 6) is 0.0482. The summed E-state index contributed by atoms with van der Waals surface area (Å²) in [6, 6.07) is -0.501. The van der Waals surface area contributed by atoms with Crippen LogP contribution in [0.4, 0.5) is 0 Å². The Balaban J connectivity index is 2.71. The van der Waals surface area contributed by atoms with Gasteiger partial charge in [-0.05, 0) is 19.3 Å². The molecule has 0 aliphatic carbocycles. The van der Waals surface area contributed by atoms with Crippen LogP contribution in [0.15, 0.2) is 0 Å². The molecule has 0 amide bonds. The normalized spacial score (nSPS) is 26.6. The van der Waals surface area contributed by atoms with Gasteiger partial charge < -0.3 is 5.73 Å². The summed E-state index contributed by atoms with van der Waals surface area (Å²) in [7, 11) is -6.61. The SMILES string of the molecule is CCC(CN)S(=O)(=O)NC1CCCS(=O)(=O)C1. The number of sulfonamides is 1. The number of nitrogens with two attached hydrogens (primary N) is 1. The number of nitrogens with one attached hydrogen (secondary N) is 1. The van der Waals surface area contributed by atoms with Gasteiger partial charge in [-0.2, -0.15) is 0 Å². The highest BCUT2D eigenvalue weighted by Gasteiger charge is 2.30.